The highest BCUT2D eigenvalue weighted by atomic mass is 16.6. The molecule has 0 unspecified atom stereocenters. The zero-order valence-corrected chi connectivity index (χ0v) is 12.3. The first-order valence-corrected chi connectivity index (χ1v) is 7.25. The highest BCUT2D eigenvalue weighted by Crippen LogP contribution is 2.22. The van der Waals surface area contributed by atoms with E-state index in [1.807, 2.05) is 4.90 Å². The van der Waals surface area contributed by atoms with Crippen LogP contribution in [0, 0.1) is 10.1 Å². The Balaban J connectivity index is 2.75. The number of nitro groups is 1. The fourth-order valence-electron chi connectivity index (χ4n) is 2.13. The lowest BCUT2D eigenvalue weighted by molar-refractivity contribution is -0.384. The molecule has 0 bridgehead atoms. The Morgan fingerprint density at radius 3 is 2.67 bits per heavy atom. The van der Waals surface area contributed by atoms with Gasteiger partial charge in [-0.05, 0) is 12.5 Å². The molecule has 0 aliphatic heterocycles. The minimum Gasteiger partial charge on any atom is -0.481 e. The van der Waals surface area contributed by atoms with Crippen molar-refractivity contribution >= 4 is 17.3 Å². The predicted molar refractivity (Wildman–Crippen MR) is 81.7 cm³/mol. The summed E-state index contributed by atoms with van der Waals surface area (Å²) < 4.78 is 0. The summed E-state index contributed by atoms with van der Waals surface area (Å²) in [5.74, 6) is -0.862. The number of hydrogen-bond acceptors (Lipinski definition) is 4. The number of aliphatic carboxylic acids is 1. The summed E-state index contributed by atoms with van der Waals surface area (Å²) >= 11 is 0. The molecular weight excluding hydrogens is 272 g/mol. The smallest absolute Gasteiger partial charge is 0.305 e. The molecule has 1 aromatic rings. The Labute approximate surface area is 124 Å². The second-order valence-corrected chi connectivity index (χ2v) is 4.97. The SMILES string of the molecule is CCCCCCN(CCC(=O)O)c1cccc([N+](=O)[O-])c1. The van der Waals surface area contributed by atoms with Crippen molar-refractivity contribution in [2.45, 2.75) is 39.0 Å². The maximum Gasteiger partial charge on any atom is 0.305 e. The van der Waals surface area contributed by atoms with Crippen molar-refractivity contribution in [2.75, 3.05) is 18.0 Å². The van der Waals surface area contributed by atoms with Crippen LogP contribution in [0.1, 0.15) is 39.0 Å². The van der Waals surface area contributed by atoms with Crippen LogP contribution in [0.3, 0.4) is 0 Å². The first-order valence-electron chi connectivity index (χ1n) is 7.25. The molecular formula is C15H22N2O4. The van der Waals surface area contributed by atoms with Crippen LogP contribution < -0.4 is 4.90 Å². The van der Waals surface area contributed by atoms with Gasteiger partial charge in [0.15, 0.2) is 0 Å². The van der Waals surface area contributed by atoms with Gasteiger partial charge in [-0.2, -0.15) is 0 Å². The third kappa shape index (κ3) is 6.25. The molecule has 0 saturated heterocycles. The van der Waals surface area contributed by atoms with Gasteiger partial charge in [0, 0.05) is 30.9 Å². The number of rotatable bonds is 10. The second-order valence-electron chi connectivity index (χ2n) is 4.97. The first-order chi connectivity index (χ1) is 10.0. The van der Waals surface area contributed by atoms with Crippen molar-refractivity contribution in [1.29, 1.82) is 0 Å². The van der Waals surface area contributed by atoms with Gasteiger partial charge in [0.1, 0.15) is 0 Å². The average molecular weight is 294 g/mol. The Morgan fingerprint density at radius 2 is 2.05 bits per heavy atom. The van der Waals surface area contributed by atoms with Crippen LogP contribution >= 0.6 is 0 Å². The van der Waals surface area contributed by atoms with Crippen LogP contribution in [0.2, 0.25) is 0 Å². The molecule has 0 heterocycles. The lowest BCUT2D eigenvalue weighted by Gasteiger charge is -2.24. The first kappa shape index (κ1) is 16.9. The van der Waals surface area contributed by atoms with Gasteiger partial charge < -0.3 is 10.0 Å². The molecule has 1 aromatic carbocycles. The van der Waals surface area contributed by atoms with E-state index in [2.05, 4.69) is 6.92 Å². The van der Waals surface area contributed by atoms with Gasteiger partial charge in [-0.15, -0.1) is 0 Å². The van der Waals surface area contributed by atoms with E-state index in [0.717, 1.165) is 25.7 Å². The molecule has 0 radical (unpaired) electrons. The van der Waals surface area contributed by atoms with Crippen molar-refractivity contribution in [3.63, 3.8) is 0 Å². The molecule has 0 amide bonds. The van der Waals surface area contributed by atoms with E-state index < -0.39 is 10.9 Å². The second kappa shape index (κ2) is 8.94. The van der Waals surface area contributed by atoms with E-state index in [0.29, 0.717) is 18.8 Å². The number of unbranched alkanes of at least 4 members (excludes halogenated alkanes) is 3. The number of carboxylic acids is 1. The Morgan fingerprint density at radius 1 is 1.29 bits per heavy atom. The van der Waals surface area contributed by atoms with E-state index in [4.69, 9.17) is 5.11 Å². The molecule has 0 aromatic heterocycles. The Bertz CT molecular complexity index is 476. The summed E-state index contributed by atoms with van der Waals surface area (Å²) in [5, 5.41) is 19.7. The number of anilines is 1. The van der Waals surface area contributed by atoms with Gasteiger partial charge in [-0.3, -0.25) is 14.9 Å². The summed E-state index contributed by atoms with van der Waals surface area (Å²) in [6.45, 7) is 3.21. The molecule has 0 saturated carbocycles. The predicted octanol–water partition coefficient (Wildman–Crippen LogP) is 3.46. The van der Waals surface area contributed by atoms with Gasteiger partial charge in [0.25, 0.3) is 5.69 Å². The van der Waals surface area contributed by atoms with Crippen LogP contribution in [0.4, 0.5) is 11.4 Å². The molecule has 1 N–H and O–H groups in total. The van der Waals surface area contributed by atoms with E-state index in [1.165, 1.54) is 12.1 Å². The van der Waals surface area contributed by atoms with Gasteiger partial charge in [-0.25, -0.2) is 0 Å². The fourth-order valence-corrected chi connectivity index (χ4v) is 2.13. The van der Waals surface area contributed by atoms with Crippen molar-refractivity contribution in [3.05, 3.63) is 34.4 Å². The standard InChI is InChI=1S/C15H22N2O4/c1-2-3-4-5-10-16(11-9-15(18)19)13-7-6-8-14(12-13)17(20)21/h6-8,12H,2-5,9-11H2,1H3,(H,18,19). The topological polar surface area (TPSA) is 83.7 Å². The number of benzene rings is 1. The average Bonchev–Trinajstić information content (AvgIpc) is 2.46. The van der Waals surface area contributed by atoms with E-state index in [9.17, 15) is 14.9 Å². The maximum atomic E-state index is 10.8. The summed E-state index contributed by atoms with van der Waals surface area (Å²) in [6.07, 6.45) is 4.33. The van der Waals surface area contributed by atoms with Gasteiger partial charge >= 0.3 is 5.97 Å². The number of carboxylic acid groups (broad SMARTS) is 1. The van der Waals surface area contributed by atoms with Gasteiger partial charge in [0.2, 0.25) is 0 Å². The van der Waals surface area contributed by atoms with E-state index in [-0.39, 0.29) is 12.1 Å². The molecule has 21 heavy (non-hydrogen) atoms. The molecule has 6 nitrogen and oxygen atoms in total. The molecule has 0 atom stereocenters. The van der Waals surface area contributed by atoms with E-state index >= 15 is 0 Å². The molecule has 0 aliphatic rings. The molecule has 1 rings (SSSR count). The van der Waals surface area contributed by atoms with Gasteiger partial charge in [-0.1, -0.05) is 32.3 Å². The number of nitro benzene ring substituents is 1. The molecule has 0 spiro atoms. The summed E-state index contributed by atoms with van der Waals surface area (Å²) in [7, 11) is 0. The summed E-state index contributed by atoms with van der Waals surface area (Å²) in [4.78, 5) is 23.1. The molecule has 6 heteroatoms. The third-order valence-electron chi connectivity index (χ3n) is 3.28. The highest BCUT2D eigenvalue weighted by molar-refractivity contribution is 5.67. The molecule has 0 fully saturated rings. The minimum absolute atomic E-state index is 0.0243. The van der Waals surface area contributed by atoms with Gasteiger partial charge in [0.05, 0.1) is 11.3 Å². The normalized spacial score (nSPS) is 10.3. The number of non-ortho nitro benzene ring substituents is 1. The minimum atomic E-state index is -0.862. The fraction of sp³-hybridized carbons (Fsp3) is 0.533. The molecule has 0 aliphatic carbocycles. The Kier molecular flexibility index (Phi) is 7.21. The summed E-state index contributed by atoms with van der Waals surface area (Å²) in [6, 6.07) is 6.36. The monoisotopic (exact) mass is 294 g/mol. The van der Waals surface area contributed by atoms with Crippen molar-refractivity contribution in [3.8, 4) is 0 Å². The van der Waals surface area contributed by atoms with Crippen LogP contribution in [0.25, 0.3) is 0 Å². The number of carbonyl (C=O) groups is 1. The Hall–Kier alpha value is -2.11. The van der Waals surface area contributed by atoms with Crippen molar-refractivity contribution < 1.29 is 14.8 Å². The highest BCUT2D eigenvalue weighted by Gasteiger charge is 2.12. The quantitative estimate of drug-likeness (QED) is 0.406. The zero-order valence-electron chi connectivity index (χ0n) is 12.3. The lowest BCUT2D eigenvalue weighted by atomic mass is 10.2. The van der Waals surface area contributed by atoms with Crippen LogP contribution in [-0.2, 0) is 4.79 Å². The zero-order chi connectivity index (χ0) is 15.7. The largest absolute Gasteiger partial charge is 0.481 e. The van der Waals surface area contributed by atoms with Crippen LogP contribution in [0.15, 0.2) is 24.3 Å². The van der Waals surface area contributed by atoms with Crippen LogP contribution in [-0.4, -0.2) is 29.1 Å². The molecule has 116 valence electrons. The van der Waals surface area contributed by atoms with Crippen LogP contribution in [0.5, 0.6) is 0 Å². The summed E-state index contributed by atoms with van der Waals surface area (Å²) in [5.41, 5.74) is 0.739. The lowest BCUT2D eigenvalue weighted by Crippen LogP contribution is -2.27. The third-order valence-corrected chi connectivity index (χ3v) is 3.28. The number of nitrogens with zero attached hydrogens (tertiary/aromatic N) is 2. The van der Waals surface area contributed by atoms with Crippen molar-refractivity contribution in [1.82, 2.24) is 0 Å². The maximum absolute atomic E-state index is 10.8. The number of hydrogen-bond donors (Lipinski definition) is 1. The van der Waals surface area contributed by atoms with E-state index in [1.54, 1.807) is 12.1 Å². The van der Waals surface area contributed by atoms with Crippen molar-refractivity contribution in [2.24, 2.45) is 0 Å².